The van der Waals surface area contributed by atoms with Crippen LogP contribution in [0.5, 0.6) is 0 Å². The molecule has 2 amide bonds. The number of rotatable bonds is 9. The Balaban J connectivity index is 1.62. The van der Waals surface area contributed by atoms with Gasteiger partial charge in [-0.05, 0) is 22.3 Å². The number of carboxylic acid groups (broad SMARTS) is 1. The van der Waals surface area contributed by atoms with E-state index in [1.807, 2.05) is 48.5 Å². The summed E-state index contributed by atoms with van der Waals surface area (Å²) in [7, 11) is 0. The summed E-state index contributed by atoms with van der Waals surface area (Å²) in [6.45, 7) is -0.920. The molecule has 0 heterocycles. The summed E-state index contributed by atoms with van der Waals surface area (Å²) in [6, 6.07) is 13.7. The number of alkyl carbamates (subject to hydrolysis) is 1. The molecule has 0 aromatic heterocycles. The quantitative estimate of drug-likeness (QED) is 0.523. The fourth-order valence-corrected chi connectivity index (χ4v) is 3.43. The van der Waals surface area contributed by atoms with Gasteiger partial charge in [-0.1, -0.05) is 48.5 Å². The number of hydroxylamine groups is 1. The van der Waals surface area contributed by atoms with Gasteiger partial charge in [0.05, 0.1) is 0 Å². The molecule has 0 bridgehead atoms. The lowest BCUT2D eigenvalue weighted by Crippen LogP contribution is -2.48. The molecule has 0 aliphatic heterocycles. The normalized spacial score (nSPS) is 13.3. The first kappa shape index (κ1) is 22.2. The molecule has 0 radical (unpaired) electrons. The molecule has 1 aliphatic carbocycles. The van der Waals surface area contributed by atoms with Crippen LogP contribution >= 0.6 is 0 Å². The zero-order chi connectivity index (χ0) is 22.4. The molecule has 3 N–H and O–H groups in total. The summed E-state index contributed by atoms with van der Waals surface area (Å²) in [5.74, 6) is -2.72. The van der Waals surface area contributed by atoms with Gasteiger partial charge < -0.3 is 15.2 Å². The number of hydrogen-bond acceptors (Lipinski definition) is 5. The highest BCUT2D eigenvalue weighted by Gasteiger charge is 2.30. The highest BCUT2D eigenvalue weighted by atomic mass is 19.3. The van der Waals surface area contributed by atoms with E-state index in [0.29, 0.717) is 0 Å². The molecule has 8 nitrogen and oxygen atoms in total. The second kappa shape index (κ2) is 9.98. The first-order valence-corrected chi connectivity index (χ1v) is 9.40. The van der Waals surface area contributed by atoms with E-state index in [4.69, 9.17) is 9.84 Å². The van der Waals surface area contributed by atoms with Crippen molar-refractivity contribution in [2.75, 3.05) is 13.2 Å². The number of halogens is 2. The largest absolute Gasteiger partial charge is 0.479 e. The number of carbonyl (C=O) groups is 3. The van der Waals surface area contributed by atoms with Gasteiger partial charge in [0.15, 0.2) is 6.61 Å². The van der Waals surface area contributed by atoms with Crippen LogP contribution in [0.3, 0.4) is 0 Å². The molecule has 0 saturated carbocycles. The minimum absolute atomic E-state index is 0.0572. The molecular formula is C21H20F2N2O6. The Labute approximate surface area is 176 Å². The number of nitrogens with one attached hydrogen (secondary N) is 2. The number of aliphatic carboxylic acids is 1. The van der Waals surface area contributed by atoms with Gasteiger partial charge in [-0.3, -0.25) is 9.63 Å². The van der Waals surface area contributed by atoms with Crippen LogP contribution < -0.4 is 10.8 Å². The van der Waals surface area contributed by atoms with Crippen LogP contribution in [-0.4, -0.2) is 48.8 Å². The molecule has 2 aromatic carbocycles. The standard InChI is InChI=1S/C21H20F2N2O6/c22-18(23)9-17(20(28)25-31-11-19(26)27)24-21(29)30-10-16-14-7-3-1-5-12(14)13-6-2-4-8-15(13)16/h1-8,16-18H,9-11H2,(H,24,29)(H,25,28)(H,26,27). The smallest absolute Gasteiger partial charge is 0.407 e. The first-order chi connectivity index (χ1) is 14.9. The van der Waals surface area contributed by atoms with Crippen molar-refractivity contribution >= 4 is 18.0 Å². The summed E-state index contributed by atoms with van der Waals surface area (Å²) in [5, 5.41) is 10.6. The zero-order valence-electron chi connectivity index (χ0n) is 16.2. The van der Waals surface area contributed by atoms with Crippen molar-refractivity contribution in [2.24, 2.45) is 0 Å². The lowest BCUT2D eigenvalue weighted by molar-refractivity contribution is -0.150. The number of fused-ring (bicyclic) bond motifs is 3. The third-order valence-corrected chi connectivity index (χ3v) is 4.73. The van der Waals surface area contributed by atoms with Gasteiger partial charge in [-0.2, -0.15) is 0 Å². The third-order valence-electron chi connectivity index (χ3n) is 4.73. The first-order valence-electron chi connectivity index (χ1n) is 9.40. The van der Waals surface area contributed by atoms with Crippen LogP contribution in [0, 0.1) is 0 Å². The van der Waals surface area contributed by atoms with E-state index >= 15 is 0 Å². The molecule has 0 saturated heterocycles. The number of hydrogen-bond donors (Lipinski definition) is 3. The topological polar surface area (TPSA) is 114 Å². The molecule has 2 aromatic rings. The maximum atomic E-state index is 12.8. The Bertz CT molecular complexity index is 923. The van der Waals surface area contributed by atoms with Crippen molar-refractivity contribution in [1.82, 2.24) is 10.8 Å². The molecule has 0 fully saturated rings. The molecule has 164 valence electrons. The Morgan fingerprint density at radius 1 is 1.00 bits per heavy atom. The maximum absolute atomic E-state index is 12.8. The van der Waals surface area contributed by atoms with Crippen LogP contribution in [0.2, 0.25) is 0 Å². The molecular weight excluding hydrogens is 414 g/mol. The highest BCUT2D eigenvalue weighted by Crippen LogP contribution is 2.44. The molecule has 3 rings (SSSR count). The second-order valence-electron chi connectivity index (χ2n) is 6.80. The Morgan fingerprint density at radius 2 is 1.58 bits per heavy atom. The summed E-state index contributed by atoms with van der Waals surface area (Å²) >= 11 is 0. The van der Waals surface area contributed by atoms with Crippen molar-refractivity contribution in [2.45, 2.75) is 24.8 Å². The van der Waals surface area contributed by atoms with E-state index in [2.05, 4.69) is 10.2 Å². The van der Waals surface area contributed by atoms with E-state index in [1.54, 1.807) is 5.48 Å². The van der Waals surface area contributed by atoms with E-state index in [0.717, 1.165) is 22.3 Å². The van der Waals surface area contributed by atoms with Crippen molar-refractivity contribution in [1.29, 1.82) is 0 Å². The molecule has 1 unspecified atom stereocenters. The van der Waals surface area contributed by atoms with Crippen LogP contribution in [0.25, 0.3) is 11.1 Å². The number of carbonyl (C=O) groups excluding carboxylic acids is 2. The van der Waals surface area contributed by atoms with E-state index in [9.17, 15) is 23.2 Å². The van der Waals surface area contributed by atoms with Gasteiger partial charge in [0.25, 0.3) is 5.91 Å². The fourth-order valence-electron chi connectivity index (χ4n) is 3.43. The van der Waals surface area contributed by atoms with E-state index in [1.165, 1.54) is 0 Å². The number of alkyl halides is 2. The van der Waals surface area contributed by atoms with Gasteiger partial charge in [0.1, 0.15) is 12.6 Å². The van der Waals surface area contributed by atoms with Gasteiger partial charge in [-0.25, -0.2) is 23.9 Å². The minimum atomic E-state index is -2.90. The van der Waals surface area contributed by atoms with Crippen LogP contribution in [-0.2, 0) is 19.2 Å². The Morgan fingerprint density at radius 3 is 2.13 bits per heavy atom. The van der Waals surface area contributed by atoms with Gasteiger partial charge >= 0.3 is 12.1 Å². The van der Waals surface area contributed by atoms with Crippen molar-refractivity contribution in [3.05, 3.63) is 59.7 Å². The molecule has 10 heteroatoms. The Kier molecular flexibility index (Phi) is 7.14. The summed E-state index contributed by atoms with van der Waals surface area (Å²) in [5.41, 5.74) is 5.72. The Hall–Kier alpha value is -3.53. The monoisotopic (exact) mass is 434 g/mol. The fraction of sp³-hybridized carbons (Fsp3) is 0.286. The average Bonchev–Trinajstić information content (AvgIpc) is 3.05. The van der Waals surface area contributed by atoms with Crippen LogP contribution in [0.1, 0.15) is 23.5 Å². The van der Waals surface area contributed by atoms with Crippen LogP contribution in [0.15, 0.2) is 48.5 Å². The number of benzene rings is 2. The zero-order valence-corrected chi connectivity index (χ0v) is 16.2. The predicted octanol–water partition coefficient (Wildman–Crippen LogP) is 2.68. The van der Waals surface area contributed by atoms with Crippen molar-refractivity contribution < 1.29 is 37.8 Å². The number of amides is 2. The lowest BCUT2D eigenvalue weighted by atomic mass is 9.98. The van der Waals surface area contributed by atoms with Gasteiger partial charge in [-0.15, -0.1) is 0 Å². The second-order valence-corrected chi connectivity index (χ2v) is 6.80. The molecule has 1 aliphatic rings. The maximum Gasteiger partial charge on any atom is 0.407 e. The summed E-state index contributed by atoms with van der Waals surface area (Å²) in [4.78, 5) is 39.0. The van der Waals surface area contributed by atoms with Gasteiger partial charge in [0.2, 0.25) is 6.43 Å². The van der Waals surface area contributed by atoms with E-state index in [-0.39, 0.29) is 12.5 Å². The number of ether oxygens (including phenoxy) is 1. The SMILES string of the molecule is O=C(O)CONC(=O)C(CC(F)F)NC(=O)OCC1c2ccccc2-c2ccccc21. The minimum Gasteiger partial charge on any atom is -0.479 e. The van der Waals surface area contributed by atoms with E-state index < -0.39 is 43.5 Å². The highest BCUT2D eigenvalue weighted by molar-refractivity contribution is 5.85. The molecule has 31 heavy (non-hydrogen) atoms. The number of carboxylic acids is 1. The van der Waals surface area contributed by atoms with Crippen LogP contribution in [0.4, 0.5) is 13.6 Å². The summed E-state index contributed by atoms with van der Waals surface area (Å²) in [6.07, 6.45) is -4.95. The molecule has 0 spiro atoms. The predicted molar refractivity (Wildman–Crippen MR) is 104 cm³/mol. The van der Waals surface area contributed by atoms with Crippen molar-refractivity contribution in [3.63, 3.8) is 0 Å². The lowest BCUT2D eigenvalue weighted by Gasteiger charge is -2.19. The molecule has 1 atom stereocenters. The third kappa shape index (κ3) is 5.54. The summed E-state index contributed by atoms with van der Waals surface area (Å²) < 4.78 is 30.8. The van der Waals surface area contributed by atoms with Gasteiger partial charge in [0, 0.05) is 12.3 Å². The average molecular weight is 434 g/mol. The van der Waals surface area contributed by atoms with Crippen molar-refractivity contribution in [3.8, 4) is 11.1 Å².